The van der Waals surface area contributed by atoms with Crippen LogP contribution in [0.15, 0.2) is 24.3 Å². The van der Waals surface area contributed by atoms with Crippen molar-refractivity contribution in [3.8, 4) is 0 Å². The lowest BCUT2D eigenvalue weighted by Gasteiger charge is -2.19. The highest BCUT2D eigenvalue weighted by Crippen LogP contribution is 2.20. The van der Waals surface area contributed by atoms with Gasteiger partial charge in [-0.05, 0) is 24.6 Å². The Morgan fingerprint density at radius 2 is 1.81 bits per heavy atom. The predicted molar refractivity (Wildman–Crippen MR) is 62.3 cm³/mol. The minimum absolute atomic E-state index is 0.0586. The molecule has 0 fully saturated rings. The number of benzene rings is 1. The third-order valence-corrected chi connectivity index (χ3v) is 4.96. The van der Waals surface area contributed by atoms with E-state index in [0.29, 0.717) is 5.56 Å². The maximum atomic E-state index is 12.7. The van der Waals surface area contributed by atoms with Crippen LogP contribution in [-0.4, -0.2) is 19.4 Å². The predicted octanol–water partition coefficient (Wildman–Crippen LogP) is 1.65. The van der Waals surface area contributed by atoms with Crippen LogP contribution in [0.25, 0.3) is 0 Å². The van der Waals surface area contributed by atoms with Gasteiger partial charge in [-0.2, -0.15) is 0 Å². The normalized spacial score (nSPS) is 15.8. The summed E-state index contributed by atoms with van der Waals surface area (Å²) in [5, 5.41) is -0.664. The monoisotopic (exact) mass is 245 g/mol. The maximum Gasteiger partial charge on any atom is 0.154 e. The summed E-state index contributed by atoms with van der Waals surface area (Å²) in [6.07, 6.45) is 0. The smallest absolute Gasteiger partial charge is 0.154 e. The molecule has 0 aliphatic rings. The standard InChI is InChI=1S/C11H16FNO2S/c1-3-16(14,15)8(2)11(13)9-4-6-10(12)7-5-9/h4-8,11H,3,13H2,1-2H3/t8-,11-/m0/s1. The van der Waals surface area contributed by atoms with Crippen LogP contribution in [0.3, 0.4) is 0 Å². The molecule has 5 heteroatoms. The van der Waals surface area contributed by atoms with Gasteiger partial charge < -0.3 is 5.73 Å². The number of halogens is 1. The number of nitrogens with two attached hydrogens (primary N) is 1. The van der Waals surface area contributed by atoms with Crippen molar-refractivity contribution in [2.24, 2.45) is 5.73 Å². The van der Waals surface area contributed by atoms with Gasteiger partial charge in [0.15, 0.2) is 9.84 Å². The molecule has 0 aliphatic heterocycles. The summed E-state index contributed by atoms with van der Waals surface area (Å²) in [6, 6.07) is 4.97. The highest BCUT2D eigenvalue weighted by molar-refractivity contribution is 7.92. The van der Waals surface area contributed by atoms with Crippen molar-refractivity contribution in [1.29, 1.82) is 0 Å². The molecule has 0 saturated carbocycles. The van der Waals surface area contributed by atoms with Gasteiger partial charge in [0.05, 0.1) is 5.25 Å². The Labute approximate surface area is 95.4 Å². The van der Waals surface area contributed by atoms with E-state index in [1.54, 1.807) is 13.8 Å². The van der Waals surface area contributed by atoms with Gasteiger partial charge in [0, 0.05) is 11.8 Å². The van der Waals surface area contributed by atoms with Crippen LogP contribution in [0.5, 0.6) is 0 Å². The molecule has 1 aromatic rings. The molecule has 0 radical (unpaired) electrons. The molecular weight excluding hydrogens is 229 g/mol. The Morgan fingerprint density at radius 3 is 2.25 bits per heavy atom. The Kier molecular flexibility index (Phi) is 4.04. The highest BCUT2D eigenvalue weighted by Gasteiger charge is 2.26. The summed E-state index contributed by atoms with van der Waals surface area (Å²) >= 11 is 0. The summed E-state index contributed by atoms with van der Waals surface area (Å²) in [6.45, 7) is 3.16. The average molecular weight is 245 g/mol. The Morgan fingerprint density at radius 1 is 1.31 bits per heavy atom. The van der Waals surface area contributed by atoms with Gasteiger partial charge in [-0.1, -0.05) is 19.1 Å². The molecule has 0 saturated heterocycles. The van der Waals surface area contributed by atoms with Gasteiger partial charge in [0.1, 0.15) is 5.82 Å². The largest absolute Gasteiger partial charge is 0.323 e. The van der Waals surface area contributed by atoms with Crippen molar-refractivity contribution in [2.45, 2.75) is 25.1 Å². The molecule has 2 atom stereocenters. The molecule has 90 valence electrons. The minimum Gasteiger partial charge on any atom is -0.323 e. The lowest BCUT2D eigenvalue weighted by Crippen LogP contribution is -2.32. The molecule has 0 heterocycles. The quantitative estimate of drug-likeness (QED) is 0.877. The van der Waals surface area contributed by atoms with Crippen LogP contribution in [-0.2, 0) is 9.84 Å². The van der Waals surface area contributed by atoms with Crippen LogP contribution in [0.2, 0.25) is 0 Å². The molecular formula is C11H16FNO2S. The van der Waals surface area contributed by atoms with Crippen molar-refractivity contribution in [3.05, 3.63) is 35.6 Å². The fraction of sp³-hybridized carbons (Fsp3) is 0.455. The fourth-order valence-corrected chi connectivity index (χ4v) is 2.57. The second-order valence-electron chi connectivity index (χ2n) is 3.73. The van der Waals surface area contributed by atoms with E-state index in [2.05, 4.69) is 0 Å². The molecule has 16 heavy (non-hydrogen) atoms. The van der Waals surface area contributed by atoms with Gasteiger partial charge >= 0.3 is 0 Å². The first-order chi connectivity index (χ1) is 7.38. The SMILES string of the molecule is CCS(=O)(=O)[C@@H](C)[C@H](N)c1ccc(F)cc1. The zero-order valence-corrected chi connectivity index (χ0v) is 10.2. The molecule has 2 N–H and O–H groups in total. The number of hydrogen-bond donors (Lipinski definition) is 1. The number of sulfone groups is 1. The first-order valence-corrected chi connectivity index (χ1v) is 6.82. The zero-order chi connectivity index (χ0) is 12.3. The summed E-state index contributed by atoms with van der Waals surface area (Å²) in [7, 11) is -3.17. The average Bonchev–Trinajstić information content (AvgIpc) is 2.28. The summed E-state index contributed by atoms with van der Waals surface area (Å²) in [5.74, 6) is -0.301. The van der Waals surface area contributed by atoms with E-state index in [9.17, 15) is 12.8 Å². The van der Waals surface area contributed by atoms with Crippen LogP contribution in [0, 0.1) is 5.82 Å². The molecule has 1 aromatic carbocycles. The van der Waals surface area contributed by atoms with E-state index in [-0.39, 0.29) is 11.6 Å². The lowest BCUT2D eigenvalue weighted by molar-refractivity contribution is 0.565. The van der Waals surface area contributed by atoms with Gasteiger partial charge in [0.2, 0.25) is 0 Å². The van der Waals surface area contributed by atoms with E-state index in [0.717, 1.165) is 0 Å². The lowest BCUT2D eigenvalue weighted by atomic mass is 10.1. The summed E-state index contributed by atoms with van der Waals surface area (Å²) in [5.41, 5.74) is 6.48. The molecule has 0 amide bonds. The van der Waals surface area contributed by atoms with Crippen molar-refractivity contribution in [3.63, 3.8) is 0 Å². The first-order valence-electron chi connectivity index (χ1n) is 5.11. The molecule has 0 bridgehead atoms. The second-order valence-corrected chi connectivity index (χ2v) is 6.38. The van der Waals surface area contributed by atoms with Crippen LogP contribution >= 0.6 is 0 Å². The van der Waals surface area contributed by atoms with Gasteiger partial charge in [-0.3, -0.25) is 0 Å². The van der Waals surface area contributed by atoms with Gasteiger partial charge in [0.25, 0.3) is 0 Å². The molecule has 1 rings (SSSR count). The van der Waals surface area contributed by atoms with Crippen LogP contribution in [0.4, 0.5) is 4.39 Å². The number of hydrogen-bond acceptors (Lipinski definition) is 3. The Hall–Kier alpha value is -0.940. The van der Waals surface area contributed by atoms with E-state index >= 15 is 0 Å². The van der Waals surface area contributed by atoms with Crippen LogP contribution < -0.4 is 5.73 Å². The molecule has 0 aromatic heterocycles. The minimum atomic E-state index is -3.17. The van der Waals surface area contributed by atoms with E-state index in [4.69, 9.17) is 5.73 Å². The summed E-state index contributed by atoms with van der Waals surface area (Å²) < 4.78 is 35.9. The number of rotatable bonds is 4. The zero-order valence-electron chi connectivity index (χ0n) is 9.35. The van der Waals surface area contributed by atoms with E-state index < -0.39 is 21.1 Å². The maximum absolute atomic E-state index is 12.7. The van der Waals surface area contributed by atoms with Crippen molar-refractivity contribution in [2.75, 3.05) is 5.75 Å². The van der Waals surface area contributed by atoms with Gasteiger partial charge in [-0.25, -0.2) is 12.8 Å². The Balaban J connectivity index is 2.94. The summed E-state index contributed by atoms with van der Waals surface area (Å²) in [4.78, 5) is 0. The van der Waals surface area contributed by atoms with Crippen molar-refractivity contribution < 1.29 is 12.8 Å². The molecule has 0 spiro atoms. The van der Waals surface area contributed by atoms with E-state index in [1.165, 1.54) is 24.3 Å². The topological polar surface area (TPSA) is 60.2 Å². The van der Waals surface area contributed by atoms with Crippen molar-refractivity contribution >= 4 is 9.84 Å². The first kappa shape index (κ1) is 13.1. The molecule has 3 nitrogen and oxygen atoms in total. The van der Waals surface area contributed by atoms with Crippen LogP contribution in [0.1, 0.15) is 25.5 Å². The third kappa shape index (κ3) is 2.80. The van der Waals surface area contributed by atoms with Crippen molar-refractivity contribution in [1.82, 2.24) is 0 Å². The Bertz CT molecular complexity index is 442. The highest BCUT2D eigenvalue weighted by atomic mass is 32.2. The second kappa shape index (κ2) is 4.93. The third-order valence-electron chi connectivity index (χ3n) is 2.73. The molecule has 0 aliphatic carbocycles. The fourth-order valence-electron chi connectivity index (χ4n) is 1.44. The van der Waals surface area contributed by atoms with Gasteiger partial charge in [-0.15, -0.1) is 0 Å². The van der Waals surface area contributed by atoms with E-state index in [1.807, 2.05) is 0 Å². The molecule has 0 unspecified atom stereocenters.